The normalized spacial score (nSPS) is 13.0. The Hall–Kier alpha value is -3.52. The Kier molecular flexibility index (Phi) is 6.05. The number of aromatic nitrogens is 2. The number of rotatable bonds is 5. The number of hydrogen-bond acceptors (Lipinski definition) is 4. The van der Waals surface area contributed by atoms with Crippen molar-refractivity contribution in [2.24, 2.45) is 0 Å². The average molecular weight is 451 g/mol. The summed E-state index contributed by atoms with van der Waals surface area (Å²) in [6, 6.07) is 13.4. The molecule has 2 heterocycles. The zero-order chi connectivity index (χ0) is 22.8. The third-order valence-electron chi connectivity index (χ3n) is 5.11. The lowest BCUT2D eigenvalue weighted by Gasteiger charge is -2.15. The van der Waals surface area contributed by atoms with Crippen molar-refractivity contribution in [3.63, 3.8) is 0 Å². The molecule has 2 aromatic heterocycles. The average Bonchev–Trinajstić information content (AvgIpc) is 2.78. The molecule has 0 spiro atoms. The molecular weight excluding hydrogens is 432 g/mol. The van der Waals surface area contributed by atoms with Crippen LogP contribution < -0.4 is 5.32 Å². The molecule has 0 aliphatic rings. The van der Waals surface area contributed by atoms with Crippen LogP contribution in [0.15, 0.2) is 71.9 Å². The summed E-state index contributed by atoms with van der Waals surface area (Å²) in [5.74, 6) is -1.81. The van der Waals surface area contributed by atoms with E-state index in [-0.39, 0.29) is 17.3 Å². The monoisotopic (exact) mass is 451 g/mol. The van der Waals surface area contributed by atoms with E-state index in [4.69, 9.17) is 0 Å². The first kappa shape index (κ1) is 21.7. The van der Waals surface area contributed by atoms with E-state index in [2.05, 4.69) is 15.3 Å². The van der Waals surface area contributed by atoms with E-state index in [1.54, 1.807) is 36.7 Å². The maximum Gasteiger partial charge on any atom is 0.270 e. The lowest BCUT2D eigenvalue weighted by molar-refractivity contribution is 0.0935. The molecule has 1 N–H and O–H groups in total. The number of nitrogens with zero attached hydrogens (tertiary/aromatic N) is 2. The Morgan fingerprint density at radius 2 is 1.75 bits per heavy atom. The first-order valence-corrected chi connectivity index (χ1v) is 11.3. The van der Waals surface area contributed by atoms with Crippen molar-refractivity contribution in [3.8, 4) is 11.1 Å². The van der Waals surface area contributed by atoms with E-state index in [9.17, 15) is 17.8 Å². The Morgan fingerprint density at radius 3 is 2.44 bits per heavy atom. The predicted octanol–water partition coefficient (Wildman–Crippen LogP) is 4.80. The van der Waals surface area contributed by atoms with Gasteiger partial charge in [0.05, 0.1) is 11.6 Å². The van der Waals surface area contributed by atoms with Crippen molar-refractivity contribution in [3.05, 3.63) is 89.9 Å². The molecule has 32 heavy (non-hydrogen) atoms. The maximum absolute atomic E-state index is 14.4. The molecule has 0 saturated carbocycles. The fourth-order valence-corrected chi connectivity index (χ4v) is 3.90. The van der Waals surface area contributed by atoms with Crippen LogP contribution in [0.5, 0.6) is 0 Å². The van der Waals surface area contributed by atoms with Crippen LogP contribution in [0.25, 0.3) is 22.0 Å². The highest BCUT2D eigenvalue weighted by Gasteiger charge is 2.16. The van der Waals surface area contributed by atoms with Crippen LogP contribution in [0.2, 0.25) is 0 Å². The van der Waals surface area contributed by atoms with Gasteiger partial charge in [-0.05, 0) is 48.9 Å². The number of carbonyl (C=O) groups is 1. The fraction of sp³-hybridized carbons (Fsp3) is 0.125. The summed E-state index contributed by atoms with van der Waals surface area (Å²) in [4.78, 5) is 22.1. The van der Waals surface area contributed by atoms with Crippen LogP contribution in [-0.2, 0) is 10.8 Å². The Morgan fingerprint density at radius 1 is 1.00 bits per heavy atom. The molecule has 0 bridgehead atoms. The van der Waals surface area contributed by atoms with Gasteiger partial charge in [-0.3, -0.25) is 14.0 Å². The zero-order valence-corrected chi connectivity index (χ0v) is 18.1. The lowest BCUT2D eigenvalue weighted by atomic mass is 10.0. The van der Waals surface area contributed by atoms with Crippen molar-refractivity contribution < 1.29 is 17.8 Å². The highest BCUT2D eigenvalue weighted by Crippen LogP contribution is 2.29. The molecule has 0 saturated heterocycles. The first-order valence-electron chi connectivity index (χ1n) is 9.78. The van der Waals surface area contributed by atoms with Crippen molar-refractivity contribution in [2.45, 2.75) is 17.9 Å². The van der Waals surface area contributed by atoms with Gasteiger partial charge in [-0.1, -0.05) is 12.1 Å². The summed E-state index contributed by atoms with van der Waals surface area (Å²) >= 11 is 0. The van der Waals surface area contributed by atoms with Crippen molar-refractivity contribution in [2.75, 3.05) is 6.26 Å². The predicted molar refractivity (Wildman–Crippen MR) is 120 cm³/mol. The van der Waals surface area contributed by atoms with Gasteiger partial charge in [0.2, 0.25) is 0 Å². The summed E-state index contributed by atoms with van der Waals surface area (Å²) < 4.78 is 39.2. The summed E-state index contributed by atoms with van der Waals surface area (Å²) in [5, 5.41) is 3.51. The Bertz CT molecular complexity index is 1340. The molecule has 162 valence electrons. The molecule has 0 aliphatic heterocycles. The molecule has 4 rings (SSSR count). The highest BCUT2D eigenvalue weighted by molar-refractivity contribution is 7.84. The van der Waals surface area contributed by atoms with Crippen LogP contribution in [-0.4, -0.2) is 26.3 Å². The summed E-state index contributed by atoms with van der Waals surface area (Å²) in [5.41, 5.74) is 1.92. The minimum absolute atomic E-state index is 0.149. The van der Waals surface area contributed by atoms with E-state index in [0.29, 0.717) is 21.4 Å². The Balaban J connectivity index is 1.64. The van der Waals surface area contributed by atoms with Gasteiger partial charge in [0.15, 0.2) is 0 Å². The molecule has 2 aromatic carbocycles. The molecule has 2 unspecified atom stereocenters. The number of fused-ring (bicyclic) bond motifs is 1. The van der Waals surface area contributed by atoms with Gasteiger partial charge >= 0.3 is 0 Å². The summed E-state index contributed by atoms with van der Waals surface area (Å²) in [6.07, 6.45) is 4.61. The quantitative estimate of drug-likeness (QED) is 0.473. The number of carbonyl (C=O) groups excluding carboxylic acids is 1. The minimum atomic E-state index is -1.08. The largest absolute Gasteiger partial charge is 0.344 e. The smallest absolute Gasteiger partial charge is 0.270 e. The summed E-state index contributed by atoms with van der Waals surface area (Å²) in [7, 11) is -1.08. The van der Waals surface area contributed by atoms with E-state index >= 15 is 0 Å². The van der Waals surface area contributed by atoms with Gasteiger partial charge < -0.3 is 5.32 Å². The fourth-order valence-electron chi connectivity index (χ4n) is 3.38. The third-order valence-corrected chi connectivity index (χ3v) is 6.05. The van der Waals surface area contributed by atoms with Crippen LogP contribution in [0.1, 0.15) is 29.0 Å². The number of amides is 1. The van der Waals surface area contributed by atoms with Gasteiger partial charge in [0.25, 0.3) is 5.91 Å². The van der Waals surface area contributed by atoms with E-state index in [0.717, 1.165) is 17.7 Å². The number of pyridine rings is 2. The second kappa shape index (κ2) is 8.92. The molecule has 2 atom stereocenters. The van der Waals surface area contributed by atoms with Crippen LogP contribution in [0.4, 0.5) is 8.78 Å². The molecule has 0 fully saturated rings. The van der Waals surface area contributed by atoms with Crippen LogP contribution in [0.3, 0.4) is 0 Å². The van der Waals surface area contributed by atoms with Crippen molar-refractivity contribution >= 4 is 27.6 Å². The van der Waals surface area contributed by atoms with Gasteiger partial charge in [-0.25, -0.2) is 13.8 Å². The van der Waals surface area contributed by atoms with E-state index in [1.165, 1.54) is 12.3 Å². The van der Waals surface area contributed by atoms with E-state index < -0.39 is 28.3 Å². The molecule has 0 aliphatic carbocycles. The van der Waals surface area contributed by atoms with Crippen molar-refractivity contribution in [1.82, 2.24) is 15.3 Å². The van der Waals surface area contributed by atoms with Crippen molar-refractivity contribution in [1.29, 1.82) is 0 Å². The van der Waals surface area contributed by atoms with Crippen LogP contribution in [0, 0.1) is 11.6 Å². The van der Waals surface area contributed by atoms with Gasteiger partial charge in [0, 0.05) is 56.9 Å². The van der Waals surface area contributed by atoms with E-state index in [1.807, 2.05) is 19.1 Å². The molecular formula is C24H19F2N3O2S. The first-order chi connectivity index (χ1) is 15.3. The van der Waals surface area contributed by atoms with Gasteiger partial charge in [0.1, 0.15) is 17.3 Å². The standard InChI is InChI=1S/C24H19F2N3O2S/c1-14(15-3-7-18(8-4-15)32(2)31)28-24(30)22-10-5-16-12-27-13-20(23(16)29-22)19-9-6-17(25)11-21(19)26/h3-14H,1-2H3,(H,28,30). The molecule has 5 nitrogen and oxygen atoms in total. The molecule has 8 heteroatoms. The minimum Gasteiger partial charge on any atom is -0.344 e. The van der Waals surface area contributed by atoms with Gasteiger partial charge in [-0.15, -0.1) is 0 Å². The third kappa shape index (κ3) is 4.40. The SMILES string of the molecule is CC(NC(=O)c1ccc2cncc(-c3ccc(F)cc3F)c2n1)c1ccc(S(C)=O)cc1. The number of nitrogens with one attached hydrogen (secondary N) is 1. The maximum atomic E-state index is 14.4. The van der Waals surface area contributed by atoms with Gasteiger partial charge in [-0.2, -0.15) is 0 Å². The molecule has 4 aromatic rings. The number of halogens is 2. The number of hydrogen-bond donors (Lipinski definition) is 1. The topological polar surface area (TPSA) is 72.0 Å². The summed E-state index contributed by atoms with van der Waals surface area (Å²) in [6.45, 7) is 1.83. The second-order valence-electron chi connectivity index (χ2n) is 7.30. The zero-order valence-electron chi connectivity index (χ0n) is 17.3. The molecule has 0 radical (unpaired) electrons. The second-order valence-corrected chi connectivity index (χ2v) is 8.68. The van der Waals surface area contributed by atoms with Crippen LogP contribution >= 0.6 is 0 Å². The highest BCUT2D eigenvalue weighted by atomic mass is 32.2. The molecule has 1 amide bonds. The Labute approximate surface area is 186 Å². The lowest BCUT2D eigenvalue weighted by Crippen LogP contribution is -2.27. The number of benzene rings is 2.